The summed E-state index contributed by atoms with van der Waals surface area (Å²) >= 11 is 6.61. The molecule has 2 unspecified atom stereocenters. The highest BCUT2D eigenvalue weighted by molar-refractivity contribution is 6.36. The third-order valence-electron chi connectivity index (χ3n) is 10.0. The minimum absolute atomic E-state index is 0.0162. The van der Waals surface area contributed by atoms with E-state index < -0.39 is 12.0 Å². The molecule has 3 atom stereocenters. The van der Waals surface area contributed by atoms with E-state index in [4.69, 9.17) is 26.3 Å². The molecule has 10 heteroatoms. The maximum atomic E-state index is 16.7. The molecule has 0 saturated carbocycles. The molecule has 0 amide bonds. The zero-order valence-electron chi connectivity index (χ0n) is 23.6. The molecule has 6 heterocycles. The van der Waals surface area contributed by atoms with Gasteiger partial charge in [-0.2, -0.15) is 9.97 Å². The van der Waals surface area contributed by atoms with Crippen LogP contribution in [0.1, 0.15) is 39.0 Å². The molecule has 4 saturated heterocycles. The van der Waals surface area contributed by atoms with Crippen LogP contribution in [-0.4, -0.2) is 86.5 Å². The number of pyridine rings is 1. The molecule has 2 aromatic carbocycles. The summed E-state index contributed by atoms with van der Waals surface area (Å²) < 4.78 is 23.0. The third-order valence-corrected chi connectivity index (χ3v) is 10.3. The Balaban J connectivity index is 1.24. The van der Waals surface area contributed by atoms with Gasteiger partial charge in [0.25, 0.3) is 0 Å². The van der Waals surface area contributed by atoms with Crippen LogP contribution in [0.3, 0.4) is 0 Å². The molecule has 42 heavy (non-hydrogen) atoms. The first-order chi connectivity index (χ1) is 20.4. The van der Waals surface area contributed by atoms with E-state index in [1.165, 1.54) is 12.8 Å². The Morgan fingerprint density at radius 2 is 1.88 bits per heavy atom. The Morgan fingerprint density at radius 1 is 1.10 bits per heavy atom. The highest BCUT2D eigenvalue weighted by atomic mass is 35.5. The summed E-state index contributed by atoms with van der Waals surface area (Å²) in [5, 5.41) is 13.1. The fourth-order valence-electron chi connectivity index (χ4n) is 8.00. The summed E-state index contributed by atoms with van der Waals surface area (Å²) in [5.74, 6) is 0.115. The molecule has 4 fully saturated rings. The summed E-state index contributed by atoms with van der Waals surface area (Å²) in [5.41, 5.74) is 1.04. The zero-order chi connectivity index (χ0) is 28.6. The summed E-state index contributed by atoms with van der Waals surface area (Å²) in [7, 11) is 0. The second kappa shape index (κ2) is 9.98. The molecule has 218 valence electrons. The molecule has 0 radical (unpaired) electrons. The largest absolute Gasteiger partial charge is 0.461 e. The second-order valence-electron chi connectivity index (χ2n) is 12.4. The van der Waals surface area contributed by atoms with Gasteiger partial charge in [0.1, 0.15) is 29.9 Å². The van der Waals surface area contributed by atoms with Crippen LogP contribution in [0.4, 0.5) is 10.2 Å². The summed E-state index contributed by atoms with van der Waals surface area (Å²) in [6, 6.07) is 11.9. The van der Waals surface area contributed by atoms with Crippen LogP contribution >= 0.6 is 11.6 Å². The zero-order valence-corrected chi connectivity index (χ0v) is 24.4. The van der Waals surface area contributed by atoms with Gasteiger partial charge in [-0.15, -0.1) is 0 Å². The van der Waals surface area contributed by atoms with Gasteiger partial charge in [-0.25, -0.2) is 4.39 Å². The number of hydrogen-bond donors (Lipinski definition) is 1. The van der Waals surface area contributed by atoms with Gasteiger partial charge in [-0.3, -0.25) is 14.8 Å². The Labute approximate surface area is 249 Å². The molecular formula is C32H34ClFN6O2. The molecule has 4 aromatic rings. The van der Waals surface area contributed by atoms with Crippen LogP contribution in [0, 0.1) is 5.82 Å². The molecule has 4 aliphatic rings. The highest BCUT2D eigenvalue weighted by Crippen LogP contribution is 2.41. The van der Waals surface area contributed by atoms with E-state index in [0.717, 1.165) is 36.7 Å². The molecule has 0 aliphatic carbocycles. The fourth-order valence-corrected chi connectivity index (χ4v) is 8.28. The van der Waals surface area contributed by atoms with E-state index in [1.807, 2.05) is 36.4 Å². The standard InChI is InChI=1S/C32H34ClFN6O2/c1-19-16-38(17-21-14-25(41)40(19)21)30-23-15-35-28(22-8-2-6-20-7-3-9-24(33)26(20)22)27(34)29(23)36-31(37-30)42-18-32-10-4-12-39(32)13-5-11-32/h2-3,6-9,15,19,21,25,41H,4-5,10-14,16-18H2,1H3/t19?,21?,25-/m0/s1. The van der Waals surface area contributed by atoms with Crippen LogP contribution in [0.5, 0.6) is 6.01 Å². The third kappa shape index (κ3) is 4.08. The lowest BCUT2D eigenvalue weighted by atomic mass is 9.93. The first-order valence-electron chi connectivity index (χ1n) is 15.0. The van der Waals surface area contributed by atoms with Crippen molar-refractivity contribution >= 4 is 39.1 Å². The minimum atomic E-state index is -0.513. The first-order valence-corrected chi connectivity index (χ1v) is 15.4. The molecular weight excluding hydrogens is 555 g/mol. The molecule has 0 spiro atoms. The van der Waals surface area contributed by atoms with Crippen molar-refractivity contribution in [1.82, 2.24) is 24.8 Å². The van der Waals surface area contributed by atoms with Crippen molar-refractivity contribution in [2.24, 2.45) is 0 Å². The first kappa shape index (κ1) is 26.5. The monoisotopic (exact) mass is 588 g/mol. The summed E-state index contributed by atoms with van der Waals surface area (Å²) in [4.78, 5) is 21.1. The number of hydrogen-bond acceptors (Lipinski definition) is 8. The van der Waals surface area contributed by atoms with Crippen molar-refractivity contribution in [2.45, 2.75) is 62.9 Å². The maximum Gasteiger partial charge on any atom is 0.319 e. The summed E-state index contributed by atoms with van der Waals surface area (Å²) in [6.07, 6.45) is 6.53. The predicted octanol–water partition coefficient (Wildman–Crippen LogP) is 5.25. The summed E-state index contributed by atoms with van der Waals surface area (Å²) in [6.45, 7) is 6.14. The lowest BCUT2D eigenvalue weighted by Crippen LogP contribution is -2.69. The average molecular weight is 589 g/mol. The van der Waals surface area contributed by atoms with Crippen LogP contribution < -0.4 is 9.64 Å². The predicted molar refractivity (Wildman–Crippen MR) is 161 cm³/mol. The van der Waals surface area contributed by atoms with E-state index >= 15 is 4.39 Å². The van der Waals surface area contributed by atoms with Gasteiger partial charge in [-0.05, 0) is 57.1 Å². The van der Waals surface area contributed by atoms with E-state index in [-0.39, 0.29) is 34.8 Å². The number of halogens is 2. The number of ether oxygens (including phenoxy) is 1. The number of fused-ring (bicyclic) bond motifs is 4. The number of aliphatic hydroxyl groups is 1. The minimum Gasteiger partial charge on any atom is -0.461 e. The molecule has 8 rings (SSSR count). The van der Waals surface area contributed by atoms with Crippen molar-refractivity contribution in [3.8, 4) is 17.3 Å². The molecule has 8 nitrogen and oxygen atoms in total. The Kier molecular flexibility index (Phi) is 6.30. The van der Waals surface area contributed by atoms with Crippen molar-refractivity contribution < 1.29 is 14.2 Å². The number of piperazine rings is 1. The van der Waals surface area contributed by atoms with Gasteiger partial charge in [0.15, 0.2) is 5.82 Å². The number of benzene rings is 2. The molecule has 1 N–H and O–H groups in total. The number of aromatic nitrogens is 3. The van der Waals surface area contributed by atoms with Gasteiger partial charge in [0.05, 0.1) is 10.9 Å². The quantitative estimate of drug-likeness (QED) is 0.339. The molecule has 4 aliphatic heterocycles. The number of nitrogens with zero attached hydrogens (tertiary/aromatic N) is 6. The van der Waals surface area contributed by atoms with Crippen molar-refractivity contribution in [3.05, 3.63) is 53.4 Å². The van der Waals surface area contributed by atoms with E-state index in [0.29, 0.717) is 47.9 Å². The second-order valence-corrected chi connectivity index (χ2v) is 12.8. The lowest BCUT2D eigenvalue weighted by molar-refractivity contribution is -0.145. The smallest absolute Gasteiger partial charge is 0.319 e. The Bertz CT molecular complexity index is 1680. The molecule has 0 bridgehead atoms. The van der Waals surface area contributed by atoms with E-state index in [2.05, 4.69) is 26.6 Å². The van der Waals surface area contributed by atoms with Gasteiger partial charge < -0.3 is 14.7 Å². The number of aliphatic hydroxyl groups excluding tert-OH is 1. The van der Waals surface area contributed by atoms with Crippen LogP contribution in [0.2, 0.25) is 5.02 Å². The van der Waals surface area contributed by atoms with Crippen LogP contribution in [0.15, 0.2) is 42.6 Å². The van der Waals surface area contributed by atoms with Gasteiger partial charge >= 0.3 is 6.01 Å². The lowest BCUT2D eigenvalue weighted by Gasteiger charge is -2.55. The van der Waals surface area contributed by atoms with Crippen molar-refractivity contribution in [1.29, 1.82) is 0 Å². The maximum absolute atomic E-state index is 16.7. The van der Waals surface area contributed by atoms with Gasteiger partial charge in [0, 0.05) is 53.8 Å². The normalized spacial score (nSPS) is 25.5. The fraction of sp³-hybridized carbons (Fsp3) is 0.469. The molecule has 2 aromatic heterocycles. The SMILES string of the molecule is CC1CN(c2nc(OCC34CCCN3CCC4)nc3c(F)c(-c4cccc5cccc(Cl)c45)ncc23)CC2C[C@H](O)N12. The topological polar surface area (TPSA) is 77.8 Å². The van der Waals surface area contributed by atoms with Crippen molar-refractivity contribution in [3.63, 3.8) is 0 Å². The number of anilines is 1. The number of rotatable bonds is 5. The highest BCUT2D eigenvalue weighted by Gasteiger charge is 2.46. The van der Waals surface area contributed by atoms with E-state index in [9.17, 15) is 5.11 Å². The van der Waals surface area contributed by atoms with Crippen molar-refractivity contribution in [2.75, 3.05) is 37.7 Å². The van der Waals surface area contributed by atoms with Crippen LogP contribution in [-0.2, 0) is 0 Å². The van der Waals surface area contributed by atoms with Gasteiger partial charge in [-0.1, -0.05) is 41.9 Å². The average Bonchev–Trinajstić information content (AvgIpc) is 3.56. The van der Waals surface area contributed by atoms with Gasteiger partial charge in [0.2, 0.25) is 0 Å². The van der Waals surface area contributed by atoms with Crippen LogP contribution in [0.25, 0.3) is 32.9 Å². The Morgan fingerprint density at radius 3 is 2.64 bits per heavy atom. The Hall–Kier alpha value is -3.11. The van der Waals surface area contributed by atoms with E-state index in [1.54, 1.807) is 6.20 Å².